The highest BCUT2D eigenvalue weighted by Crippen LogP contribution is 2.11. The first-order valence-corrected chi connectivity index (χ1v) is 4.18. The molecule has 0 aromatic carbocycles. The lowest BCUT2D eigenvalue weighted by Crippen LogP contribution is -2.43. The molecule has 1 amide bonds. The molecular weight excluding hydrogens is 170 g/mol. The van der Waals surface area contributed by atoms with Crippen molar-refractivity contribution in [1.29, 1.82) is 0 Å². The molecule has 0 aliphatic carbocycles. The first-order valence-electron chi connectivity index (χ1n) is 4.18. The van der Waals surface area contributed by atoms with E-state index in [2.05, 4.69) is 0 Å². The fraction of sp³-hybridized carbons (Fsp3) is 0.778. The monoisotopic (exact) mass is 187 g/mol. The highest BCUT2D eigenvalue weighted by molar-refractivity contribution is 5.71. The average Bonchev–Trinajstić information content (AvgIpc) is 2.01. The van der Waals surface area contributed by atoms with E-state index in [1.54, 1.807) is 7.05 Å². The molecule has 76 valence electrons. The predicted octanol–water partition coefficient (Wildman–Crippen LogP) is 1.44. The Balaban J connectivity index is 4.20. The van der Waals surface area contributed by atoms with Crippen molar-refractivity contribution in [3.05, 3.63) is 0 Å². The maximum absolute atomic E-state index is 11.3. The second-order valence-electron chi connectivity index (χ2n) is 3.95. The van der Waals surface area contributed by atoms with E-state index in [9.17, 15) is 9.59 Å². The molecule has 0 aliphatic rings. The third kappa shape index (κ3) is 3.92. The maximum atomic E-state index is 11.3. The van der Waals surface area contributed by atoms with Crippen LogP contribution < -0.4 is 0 Å². The number of carbonyl (C=O) groups is 2. The largest absolute Gasteiger partial charge is 0.439 e. The summed E-state index contributed by atoms with van der Waals surface area (Å²) >= 11 is 0. The molecule has 0 spiro atoms. The SMILES string of the molecule is C[C@@H](C=O)OC(=O)N(C)C(C)(C)C. The second-order valence-corrected chi connectivity index (χ2v) is 3.95. The zero-order valence-electron chi connectivity index (χ0n) is 8.83. The Morgan fingerprint density at radius 3 is 2.23 bits per heavy atom. The number of hydrogen-bond donors (Lipinski definition) is 0. The lowest BCUT2D eigenvalue weighted by Gasteiger charge is -2.31. The minimum absolute atomic E-state index is 0.292. The van der Waals surface area contributed by atoms with Crippen LogP contribution in [0.4, 0.5) is 4.79 Å². The Hall–Kier alpha value is -1.06. The molecule has 0 heterocycles. The molecule has 0 rings (SSSR count). The summed E-state index contributed by atoms with van der Waals surface area (Å²) < 4.78 is 4.81. The minimum Gasteiger partial charge on any atom is -0.439 e. The fourth-order valence-electron chi connectivity index (χ4n) is 0.540. The zero-order chi connectivity index (χ0) is 10.6. The van der Waals surface area contributed by atoms with Gasteiger partial charge in [0, 0.05) is 12.6 Å². The van der Waals surface area contributed by atoms with Gasteiger partial charge in [-0.15, -0.1) is 0 Å². The van der Waals surface area contributed by atoms with Gasteiger partial charge in [0.2, 0.25) is 0 Å². The van der Waals surface area contributed by atoms with Crippen LogP contribution in [0.2, 0.25) is 0 Å². The molecular formula is C9H17NO3. The van der Waals surface area contributed by atoms with Crippen molar-refractivity contribution in [2.75, 3.05) is 7.05 Å². The summed E-state index contributed by atoms with van der Waals surface area (Å²) in [7, 11) is 1.64. The zero-order valence-corrected chi connectivity index (χ0v) is 8.83. The summed E-state index contributed by atoms with van der Waals surface area (Å²) in [4.78, 5) is 23.0. The molecule has 0 fully saturated rings. The van der Waals surface area contributed by atoms with Crippen molar-refractivity contribution in [2.24, 2.45) is 0 Å². The molecule has 0 unspecified atom stereocenters. The van der Waals surface area contributed by atoms with Crippen LogP contribution in [0.3, 0.4) is 0 Å². The van der Waals surface area contributed by atoms with Gasteiger partial charge in [0.25, 0.3) is 0 Å². The van der Waals surface area contributed by atoms with Gasteiger partial charge in [-0.25, -0.2) is 4.79 Å². The third-order valence-electron chi connectivity index (χ3n) is 1.76. The van der Waals surface area contributed by atoms with Crippen LogP contribution in [0.1, 0.15) is 27.7 Å². The van der Waals surface area contributed by atoms with Crippen LogP contribution in [-0.2, 0) is 9.53 Å². The van der Waals surface area contributed by atoms with E-state index in [0.29, 0.717) is 6.29 Å². The number of aldehydes is 1. The molecule has 0 saturated heterocycles. The summed E-state index contributed by atoms with van der Waals surface area (Å²) in [6.45, 7) is 7.20. The second kappa shape index (κ2) is 4.25. The number of ether oxygens (including phenoxy) is 1. The van der Waals surface area contributed by atoms with Gasteiger partial charge >= 0.3 is 6.09 Å². The maximum Gasteiger partial charge on any atom is 0.410 e. The number of amides is 1. The normalized spacial score (nSPS) is 13.3. The summed E-state index contributed by atoms with van der Waals surface area (Å²) in [6.07, 6.45) is -0.571. The van der Waals surface area contributed by atoms with Crippen LogP contribution >= 0.6 is 0 Å². The van der Waals surface area contributed by atoms with Gasteiger partial charge in [-0.3, -0.25) is 4.79 Å². The van der Waals surface area contributed by atoms with Crippen molar-refractivity contribution >= 4 is 12.4 Å². The molecule has 13 heavy (non-hydrogen) atoms. The predicted molar refractivity (Wildman–Crippen MR) is 49.5 cm³/mol. The quantitative estimate of drug-likeness (QED) is 0.614. The Morgan fingerprint density at radius 2 is 1.92 bits per heavy atom. The number of nitrogens with zero attached hydrogens (tertiary/aromatic N) is 1. The van der Waals surface area contributed by atoms with Crippen molar-refractivity contribution in [2.45, 2.75) is 39.3 Å². The molecule has 0 N–H and O–H groups in total. The van der Waals surface area contributed by atoms with Gasteiger partial charge in [0.15, 0.2) is 12.4 Å². The fourth-order valence-corrected chi connectivity index (χ4v) is 0.540. The van der Waals surface area contributed by atoms with Crippen molar-refractivity contribution in [1.82, 2.24) is 4.90 Å². The van der Waals surface area contributed by atoms with E-state index in [1.165, 1.54) is 11.8 Å². The lowest BCUT2D eigenvalue weighted by atomic mass is 10.1. The van der Waals surface area contributed by atoms with E-state index in [4.69, 9.17) is 4.74 Å². The van der Waals surface area contributed by atoms with Gasteiger partial charge in [-0.05, 0) is 27.7 Å². The topological polar surface area (TPSA) is 46.6 Å². The Kier molecular flexibility index (Phi) is 3.91. The first-order chi connectivity index (χ1) is 5.79. The highest BCUT2D eigenvalue weighted by atomic mass is 16.6. The van der Waals surface area contributed by atoms with Gasteiger partial charge in [0.05, 0.1) is 0 Å². The summed E-state index contributed by atoms with van der Waals surface area (Å²) in [5.74, 6) is 0. The van der Waals surface area contributed by atoms with Gasteiger partial charge in [0.1, 0.15) is 0 Å². The molecule has 4 heteroatoms. The molecule has 1 atom stereocenters. The van der Waals surface area contributed by atoms with Crippen molar-refractivity contribution in [3.8, 4) is 0 Å². The van der Waals surface area contributed by atoms with Crippen LogP contribution in [-0.4, -0.2) is 36.0 Å². The standard InChI is InChI=1S/C9H17NO3/c1-7(6-11)13-8(12)10(5)9(2,3)4/h6-7H,1-5H3/t7-/m0/s1. The number of rotatable bonds is 2. The van der Waals surface area contributed by atoms with Crippen molar-refractivity contribution in [3.63, 3.8) is 0 Å². The molecule has 0 radical (unpaired) electrons. The smallest absolute Gasteiger partial charge is 0.410 e. The summed E-state index contributed by atoms with van der Waals surface area (Å²) in [5, 5.41) is 0. The third-order valence-corrected chi connectivity index (χ3v) is 1.76. The first kappa shape index (κ1) is 11.9. The van der Waals surface area contributed by atoms with E-state index in [-0.39, 0.29) is 5.54 Å². The minimum atomic E-state index is -0.683. The van der Waals surface area contributed by atoms with Crippen LogP contribution in [0, 0.1) is 0 Å². The van der Waals surface area contributed by atoms with Gasteiger partial charge < -0.3 is 9.64 Å². The van der Waals surface area contributed by atoms with E-state index in [1.807, 2.05) is 20.8 Å². The average molecular weight is 187 g/mol. The van der Waals surface area contributed by atoms with Crippen LogP contribution in [0.25, 0.3) is 0 Å². The molecule has 0 aliphatic heterocycles. The number of carbonyl (C=O) groups excluding carboxylic acids is 2. The van der Waals surface area contributed by atoms with E-state index in [0.717, 1.165) is 0 Å². The van der Waals surface area contributed by atoms with Gasteiger partial charge in [-0.1, -0.05) is 0 Å². The van der Waals surface area contributed by atoms with E-state index < -0.39 is 12.2 Å². The Morgan fingerprint density at radius 1 is 1.46 bits per heavy atom. The molecule has 4 nitrogen and oxygen atoms in total. The van der Waals surface area contributed by atoms with Crippen LogP contribution in [0.5, 0.6) is 0 Å². The highest BCUT2D eigenvalue weighted by Gasteiger charge is 2.24. The van der Waals surface area contributed by atoms with E-state index >= 15 is 0 Å². The summed E-state index contributed by atoms with van der Waals surface area (Å²) in [5.41, 5.74) is -0.292. The number of hydrogen-bond acceptors (Lipinski definition) is 3. The van der Waals surface area contributed by atoms with Gasteiger partial charge in [-0.2, -0.15) is 0 Å². The molecule has 0 saturated carbocycles. The molecule has 0 aromatic heterocycles. The Bertz CT molecular complexity index is 196. The Labute approximate surface area is 78.9 Å². The van der Waals surface area contributed by atoms with Crippen LogP contribution in [0.15, 0.2) is 0 Å². The summed E-state index contributed by atoms with van der Waals surface area (Å²) in [6, 6.07) is 0. The molecule has 0 aromatic rings. The lowest BCUT2D eigenvalue weighted by molar-refractivity contribution is -0.115. The molecule has 0 bridgehead atoms. The van der Waals surface area contributed by atoms with Crippen molar-refractivity contribution < 1.29 is 14.3 Å².